The fourth-order valence-corrected chi connectivity index (χ4v) is 5.43. The van der Waals surface area contributed by atoms with Gasteiger partial charge in [-0.05, 0) is 38.5 Å². The Labute approximate surface area is 200 Å². The molecule has 11 heteroatoms. The number of carbonyl (C=O) groups is 2. The van der Waals surface area contributed by atoms with Crippen LogP contribution in [0.25, 0.3) is 0 Å². The van der Waals surface area contributed by atoms with Crippen molar-refractivity contribution in [2.24, 2.45) is 0 Å². The first-order valence-electron chi connectivity index (χ1n) is 12.6. The van der Waals surface area contributed by atoms with Crippen molar-refractivity contribution in [1.82, 2.24) is 24.8 Å². The largest absolute Gasteiger partial charge is 0.341 e. The molecule has 2 amide bonds. The van der Waals surface area contributed by atoms with E-state index >= 15 is 0 Å². The summed E-state index contributed by atoms with van der Waals surface area (Å²) in [5, 5.41) is 8.86. The van der Waals surface area contributed by atoms with E-state index in [1.165, 1.54) is 0 Å². The van der Waals surface area contributed by atoms with Gasteiger partial charge in [0.1, 0.15) is 12.5 Å². The SMILES string of the molecule is N#CCC(=O)N1CCCC1C(=O)N1CCN(c2nc(N3CCCC3)nc(N3CCCC3)n2)CC1. The third-order valence-electron chi connectivity index (χ3n) is 7.34. The number of hydrogen-bond donors (Lipinski definition) is 0. The zero-order valence-electron chi connectivity index (χ0n) is 19.7. The monoisotopic (exact) mass is 467 g/mol. The summed E-state index contributed by atoms with van der Waals surface area (Å²) in [6, 6.07) is 1.47. The number of carbonyl (C=O) groups excluding carboxylic acids is 2. The van der Waals surface area contributed by atoms with E-state index in [1.807, 2.05) is 11.0 Å². The lowest BCUT2D eigenvalue weighted by Gasteiger charge is -2.37. The van der Waals surface area contributed by atoms with E-state index in [9.17, 15) is 9.59 Å². The maximum absolute atomic E-state index is 13.2. The summed E-state index contributed by atoms with van der Waals surface area (Å²) in [5.74, 6) is 1.97. The highest BCUT2D eigenvalue weighted by molar-refractivity contribution is 5.89. The minimum absolute atomic E-state index is 0.00500. The van der Waals surface area contributed by atoms with Gasteiger partial charge in [0.15, 0.2) is 0 Å². The Morgan fingerprint density at radius 3 is 1.74 bits per heavy atom. The highest BCUT2D eigenvalue weighted by atomic mass is 16.2. The van der Waals surface area contributed by atoms with Gasteiger partial charge < -0.3 is 24.5 Å². The fourth-order valence-electron chi connectivity index (χ4n) is 5.43. The second-order valence-corrected chi connectivity index (χ2v) is 9.52. The number of nitriles is 1. The van der Waals surface area contributed by atoms with Crippen molar-refractivity contribution in [3.8, 4) is 6.07 Å². The quantitative estimate of drug-likeness (QED) is 0.615. The average Bonchev–Trinajstić information content (AvgIpc) is 3.66. The molecule has 5 heterocycles. The molecular formula is C23H33N9O2. The van der Waals surface area contributed by atoms with E-state index < -0.39 is 6.04 Å². The van der Waals surface area contributed by atoms with Gasteiger partial charge in [-0.1, -0.05) is 0 Å². The second-order valence-electron chi connectivity index (χ2n) is 9.52. The molecule has 0 aliphatic carbocycles. The number of piperazine rings is 1. The third kappa shape index (κ3) is 4.58. The van der Waals surface area contributed by atoms with E-state index in [4.69, 9.17) is 20.2 Å². The highest BCUT2D eigenvalue weighted by Gasteiger charge is 2.37. The van der Waals surface area contributed by atoms with Crippen molar-refractivity contribution in [3.05, 3.63) is 0 Å². The Balaban J connectivity index is 1.27. The molecule has 4 fully saturated rings. The lowest BCUT2D eigenvalue weighted by atomic mass is 10.1. The van der Waals surface area contributed by atoms with Gasteiger partial charge >= 0.3 is 0 Å². The van der Waals surface area contributed by atoms with Crippen LogP contribution in [0.1, 0.15) is 44.9 Å². The van der Waals surface area contributed by atoms with Crippen LogP contribution in [0.3, 0.4) is 0 Å². The van der Waals surface area contributed by atoms with Crippen molar-refractivity contribution in [2.45, 2.75) is 51.0 Å². The van der Waals surface area contributed by atoms with Crippen LogP contribution in [0.2, 0.25) is 0 Å². The topological polar surface area (TPSA) is 113 Å². The Hall–Kier alpha value is -3.16. The minimum atomic E-state index is -0.437. The number of likely N-dealkylation sites (tertiary alicyclic amines) is 1. The second kappa shape index (κ2) is 9.99. The summed E-state index contributed by atoms with van der Waals surface area (Å²) >= 11 is 0. The summed E-state index contributed by atoms with van der Waals surface area (Å²) in [5.41, 5.74) is 0. The Morgan fingerprint density at radius 1 is 0.735 bits per heavy atom. The first kappa shape index (κ1) is 22.6. The molecule has 1 aromatic heterocycles. The van der Waals surface area contributed by atoms with E-state index in [-0.39, 0.29) is 18.2 Å². The number of rotatable bonds is 5. The summed E-state index contributed by atoms with van der Waals surface area (Å²) in [4.78, 5) is 50.0. The van der Waals surface area contributed by atoms with Gasteiger partial charge in [0.2, 0.25) is 29.7 Å². The molecule has 0 radical (unpaired) electrons. The molecular weight excluding hydrogens is 434 g/mol. The molecule has 1 atom stereocenters. The van der Waals surface area contributed by atoms with Crippen molar-refractivity contribution in [2.75, 3.05) is 73.6 Å². The third-order valence-corrected chi connectivity index (χ3v) is 7.34. The van der Waals surface area contributed by atoms with E-state index in [0.717, 1.165) is 70.2 Å². The van der Waals surface area contributed by atoms with E-state index in [1.54, 1.807) is 4.90 Å². The number of hydrogen-bond acceptors (Lipinski definition) is 9. The molecule has 1 unspecified atom stereocenters. The van der Waals surface area contributed by atoms with Gasteiger partial charge in [0.25, 0.3) is 0 Å². The van der Waals surface area contributed by atoms with Gasteiger partial charge in [0.05, 0.1) is 6.07 Å². The molecule has 1 aromatic rings. The Bertz CT molecular complexity index is 910. The summed E-state index contributed by atoms with van der Waals surface area (Å²) in [6.07, 6.45) is 5.95. The minimum Gasteiger partial charge on any atom is -0.341 e. The standard InChI is InChI=1S/C23H33N9O2/c24-8-7-19(33)32-13-5-6-18(32)20(34)28-14-16-31(17-15-28)23-26-21(29-9-1-2-10-29)25-22(27-23)30-11-3-4-12-30/h18H,1-7,9-17H2. The average molecular weight is 468 g/mol. The predicted octanol–water partition coefficient (Wildman–Crippen LogP) is 0.625. The molecule has 4 aliphatic rings. The van der Waals surface area contributed by atoms with Crippen LogP contribution >= 0.6 is 0 Å². The smallest absolute Gasteiger partial charge is 0.245 e. The van der Waals surface area contributed by atoms with Crippen LogP contribution in [-0.2, 0) is 9.59 Å². The van der Waals surface area contributed by atoms with Gasteiger partial charge in [0, 0.05) is 58.9 Å². The van der Waals surface area contributed by atoms with Gasteiger partial charge in [-0.15, -0.1) is 0 Å². The zero-order valence-corrected chi connectivity index (χ0v) is 19.7. The van der Waals surface area contributed by atoms with E-state index in [2.05, 4.69) is 14.7 Å². The molecule has 0 bridgehead atoms. The van der Waals surface area contributed by atoms with E-state index in [0.29, 0.717) is 45.1 Å². The fraction of sp³-hybridized carbons (Fsp3) is 0.739. The van der Waals surface area contributed by atoms with Gasteiger partial charge in [-0.3, -0.25) is 9.59 Å². The zero-order chi connectivity index (χ0) is 23.5. The molecule has 182 valence electrons. The molecule has 4 saturated heterocycles. The lowest BCUT2D eigenvalue weighted by molar-refractivity contribution is -0.143. The van der Waals surface area contributed by atoms with Crippen LogP contribution in [0.4, 0.5) is 17.8 Å². The number of aromatic nitrogens is 3. The molecule has 11 nitrogen and oxygen atoms in total. The van der Waals surface area contributed by atoms with Crippen LogP contribution < -0.4 is 14.7 Å². The first-order chi connectivity index (χ1) is 16.6. The number of anilines is 3. The normalized spacial score (nSPS) is 23.0. The summed E-state index contributed by atoms with van der Waals surface area (Å²) in [6.45, 7) is 6.91. The number of amides is 2. The van der Waals surface area contributed by atoms with Crippen molar-refractivity contribution in [1.29, 1.82) is 5.26 Å². The van der Waals surface area contributed by atoms with Gasteiger partial charge in [-0.2, -0.15) is 20.2 Å². The maximum atomic E-state index is 13.2. The van der Waals surface area contributed by atoms with Crippen molar-refractivity contribution in [3.63, 3.8) is 0 Å². The molecule has 34 heavy (non-hydrogen) atoms. The van der Waals surface area contributed by atoms with Crippen molar-refractivity contribution >= 4 is 29.7 Å². The van der Waals surface area contributed by atoms with Crippen LogP contribution in [0.15, 0.2) is 0 Å². The predicted molar refractivity (Wildman–Crippen MR) is 126 cm³/mol. The Kier molecular flexibility index (Phi) is 6.65. The summed E-state index contributed by atoms with van der Waals surface area (Å²) < 4.78 is 0. The summed E-state index contributed by atoms with van der Waals surface area (Å²) in [7, 11) is 0. The molecule has 4 aliphatic heterocycles. The number of nitrogens with zero attached hydrogens (tertiary/aromatic N) is 9. The molecule has 0 aromatic carbocycles. The van der Waals surface area contributed by atoms with Crippen LogP contribution in [0.5, 0.6) is 0 Å². The molecule has 5 rings (SSSR count). The maximum Gasteiger partial charge on any atom is 0.245 e. The first-order valence-corrected chi connectivity index (χ1v) is 12.6. The lowest BCUT2D eigenvalue weighted by Crippen LogP contribution is -2.54. The highest BCUT2D eigenvalue weighted by Crippen LogP contribution is 2.26. The molecule has 0 N–H and O–H groups in total. The van der Waals surface area contributed by atoms with Crippen molar-refractivity contribution < 1.29 is 9.59 Å². The Morgan fingerprint density at radius 2 is 1.24 bits per heavy atom. The molecule has 0 saturated carbocycles. The van der Waals surface area contributed by atoms with Crippen LogP contribution in [0, 0.1) is 11.3 Å². The van der Waals surface area contributed by atoms with Crippen LogP contribution in [-0.4, -0.2) is 102 Å². The van der Waals surface area contributed by atoms with Gasteiger partial charge in [-0.25, -0.2) is 0 Å². The molecule has 0 spiro atoms.